The number of carbonyl (C=O) groups excluding carboxylic acids is 1. The zero-order chi connectivity index (χ0) is 14.0. The lowest BCUT2D eigenvalue weighted by atomic mass is 10.0. The lowest BCUT2D eigenvalue weighted by Gasteiger charge is -2.20. The molecule has 0 radical (unpaired) electrons. The molecule has 0 spiro atoms. The first-order chi connectivity index (χ1) is 8.99. The number of amides is 1. The van der Waals surface area contributed by atoms with Crippen molar-refractivity contribution in [3.63, 3.8) is 0 Å². The number of hydrogen-bond acceptors (Lipinski definition) is 2. The van der Waals surface area contributed by atoms with Gasteiger partial charge in [0.1, 0.15) is 0 Å². The fourth-order valence-electron chi connectivity index (χ4n) is 2.39. The van der Waals surface area contributed by atoms with Crippen molar-refractivity contribution in [3.8, 4) is 0 Å². The normalized spacial score (nSPS) is 22.2. The highest BCUT2D eigenvalue weighted by atomic mass is 79.9. The Morgan fingerprint density at radius 3 is 2.74 bits per heavy atom. The molecule has 1 fully saturated rings. The Morgan fingerprint density at radius 1 is 1.37 bits per heavy atom. The summed E-state index contributed by atoms with van der Waals surface area (Å²) in [6, 6.07) is 5.54. The van der Waals surface area contributed by atoms with Gasteiger partial charge in [0.15, 0.2) is 0 Å². The third-order valence-electron chi connectivity index (χ3n) is 3.37. The number of carbonyl (C=O) groups is 1. The predicted molar refractivity (Wildman–Crippen MR) is 87.2 cm³/mol. The summed E-state index contributed by atoms with van der Waals surface area (Å²) in [4.78, 5) is 12.8. The van der Waals surface area contributed by atoms with Crippen molar-refractivity contribution in [3.05, 3.63) is 32.7 Å². The maximum atomic E-state index is 12.3. The standard InChI is InChI=1S/C13H14Br2N2OS/c14-7-4-5-8(10(15)6-7)13(18)17-11-3-1-2-9(11)12(16)19/h4-6,9,11H,1-3H2,(H2,16,19)(H,17,18). The lowest BCUT2D eigenvalue weighted by molar-refractivity contribution is 0.0933. The molecule has 1 aromatic rings. The quantitative estimate of drug-likeness (QED) is 0.757. The highest BCUT2D eigenvalue weighted by molar-refractivity contribution is 9.11. The molecule has 102 valence electrons. The highest BCUT2D eigenvalue weighted by Crippen LogP contribution is 2.27. The first-order valence-corrected chi connectivity index (χ1v) is 8.03. The topological polar surface area (TPSA) is 55.1 Å². The first kappa shape index (κ1) is 14.9. The zero-order valence-electron chi connectivity index (χ0n) is 10.2. The fraction of sp³-hybridized carbons (Fsp3) is 0.385. The Morgan fingerprint density at radius 2 is 2.11 bits per heavy atom. The Hall–Kier alpha value is -0.460. The summed E-state index contributed by atoms with van der Waals surface area (Å²) in [6.07, 6.45) is 2.94. The second-order valence-electron chi connectivity index (χ2n) is 4.64. The van der Waals surface area contributed by atoms with Crippen molar-refractivity contribution in [2.75, 3.05) is 0 Å². The minimum Gasteiger partial charge on any atom is -0.393 e. The van der Waals surface area contributed by atoms with Crippen LogP contribution in [0.25, 0.3) is 0 Å². The largest absolute Gasteiger partial charge is 0.393 e. The average molecular weight is 406 g/mol. The van der Waals surface area contributed by atoms with E-state index in [0.717, 1.165) is 28.2 Å². The summed E-state index contributed by atoms with van der Waals surface area (Å²) < 4.78 is 1.70. The van der Waals surface area contributed by atoms with Gasteiger partial charge in [-0.05, 0) is 47.0 Å². The van der Waals surface area contributed by atoms with Crippen molar-refractivity contribution < 1.29 is 4.79 Å². The van der Waals surface area contributed by atoms with Crippen molar-refractivity contribution in [2.24, 2.45) is 11.7 Å². The molecule has 0 aromatic heterocycles. The van der Waals surface area contributed by atoms with Crippen molar-refractivity contribution in [1.29, 1.82) is 0 Å². The van der Waals surface area contributed by atoms with Gasteiger partial charge in [-0.15, -0.1) is 0 Å². The van der Waals surface area contributed by atoms with Crippen LogP contribution in [0.2, 0.25) is 0 Å². The molecule has 3 N–H and O–H groups in total. The van der Waals surface area contributed by atoms with E-state index in [1.54, 1.807) is 6.07 Å². The second kappa shape index (κ2) is 6.33. The smallest absolute Gasteiger partial charge is 0.252 e. The van der Waals surface area contributed by atoms with Crippen LogP contribution in [0.3, 0.4) is 0 Å². The second-order valence-corrected chi connectivity index (χ2v) is 6.89. The van der Waals surface area contributed by atoms with E-state index in [9.17, 15) is 4.79 Å². The molecule has 1 amide bonds. The summed E-state index contributed by atoms with van der Waals surface area (Å²) in [5, 5.41) is 3.04. The number of nitrogens with two attached hydrogens (primary N) is 1. The van der Waals surface area contributed by atoms with Gasteiger partial charge in [-0.1, -0.05) is 34.6 Å². The summed E-state index contributed by atoms with van der Waals surface area (Å²) in [5.74, 6) is 0.0284. The molecule has 1 aliphatic rings. The molecule has 0 bridgehead atoms. The number of rotatable bonds is 3. The molecule has 2 unspecified atom stereocenters. The van der Waals surface area contributed by atoms with E-state index >= 15 is 0 Å². The van der Waals surface area contributed by atoms with Crippen LogP contribution in [0.5, 0.6) is 0 Å². The molecule has 2 atom stereocenters. The van der Waals surface area contributed by atoms with Crippen LogP contribution in [0.1, 0.15) is 29.6 Å². The molecule has 0 aliphatic heterocycles. The molecule has 19 heavy (non-hydrogen) atoms. The third kappa shape index (κ3) is 3.55. The van der Waals surface area contributed by atoms with E-state index in [1.165, 1.54) is 0 Å². The summed E-state index contributed by atoms with van der Waals surface area (Å²) in [7, 11) is 0. The van der Waals surface area contributed by atoms with Crippen LogP contribution in [-0.2, 0) is 0 Å². The van der Waals surface area contributed by atoms with E-state index in [-0.39, 0.29) is 17.9 Å². The molecular weight excluding hydrogens is 392 g/mol. The van der Waals surface area contributed by atoms with Gasteiger partial charge in [0.05, 0.1) is 10.6 Å². The third-order valence-corrected chi connectivity index (χ3v) is 4.83. The van der Waals surface area contributed by atoms with Crippen LogP contribution in [0.15, 0.2) is 27.1 Å². The fourth-order valence-corrected chi connectivity index (χ4v) is 3.90. The molecule has 0 saturated heterocycles. The van der Waals surface area contributed by atoms with E-state index in [0.29, 0.717) is 10.6 Å². The molecule has 3 nitrogen and oxygen atoms in total. The lowest BCUT2D eigenvalue weighted by Crippen LogP contribution is -2.41. The molecule has 1 aliphatic carbocycles. The van der Waals surface area contributed by atoms with Crippen LogP contribution in [0.4, 0.5) is 0 Å². The summed E-state index contributed by atoms with van der Waals surface area (Å²) in [6.45, 7) is 0. The van der Waals surface area contributed by atoms with Gasteiger partial charge in [-0.2, -0.15) is 0 Å². The van der Waals surface area contributed by atoms with Gasteiger partial charge in [-0.3, -0.25) is 4.79 Å². The Kier molecular flexibility index (Phi) is 4.97. The Bertz CT molecular complexity index is 521. The van der Waals surface area contributed by atoms with Crippen LogP contribution in [-0.4, -0.2) is 16.9 Å². The van der Waals surface area contributed by atoms with Gasteiger partial charge >= 0.3 is 0 Å². The maximum Gasteiger partial charge on any atom is 0.252 e. The number of halogens is 2. The van der Waals surface area contributed by atoms with Gasteiger partial charge in [0, 0.05) is 20.9 Å². The molecular formula is C13H14Br2N2OS. The Balaban J connectivity index is 2.10. The van der Waals surface area contributed by atoms with Gasteiger partial charge < -0.3 is 11.1 Å². The molecule has 1 aromatic carbocycles. The molecule has 2 rings (SSSR count). The maximum absolute atomic E-state index is 12.3. The van der Waals surface area contributed by atoms with Gasteiger partial charge in [0.2, 0.25) is 0 Å². The minimum atomic E-state index is -0.0903. The van der Waals surface area contributed by atoms with E-state index in [1.807, 2.05) is 12.1 Å². The van der Waals surface area contributed by atoms with Crippen molar-refractivity contribution in [1.82, 2.24) is 5.32 Å². The Labute approximate surface area is 134 Å². The van der Waals surface area contributed by atoms with E-state index < -0.39 is 0 Å². The highest BCUT2D eigenvalue weighted by Gasteiger charge is 2.30. The molecule has 0 heterocycles. The molecule has 6 heteroatoms. The predicted octanol–water partition coefficient (Wildman–Crippen LogP) is 3.40. The summed E-state index contributed by atoms with van der Waals surface area (Å²) >= 11 is 11.8. The van der Waals surface area contributed by atoms with Crippen molar-refractivity contribution in [2.45, 2.75) is 25.3 Å². The van der Waals surface area contributed by atoms with E-state index in [4.69, 9.17) is 18.0 Å². The van der Waals surface area contributed by atoms with Crippen molar-refractivity contribution >= 4 is 55.0 Å². The average Bonchev–Trinajstić information content (AvgIpc) is 2.76. The van der Waals surface area contributed by atoms with E-state index in [2.05, 4.69) is 37.2 Å². The number of benzene rings is 1. The van der Waals surface area contributed by atoms with Gasteiger partial charge in [0.25, 0.3) is 5.91 Å². The number of nitrogens with one attached hydrogen (secondary N) is 1. The molecule has 1 saturated carbocycles. The minimum absolute atomic E-state index is 0.0561. The first-order valence-electron chi connectivity index (χ1n) is 6.04. The zero-order valence-corrected chi connectivity index (χ0v) is 14.1. The van der Waals surface area contributed by atoms with Gasteiger partial charge in [-0.25, -0.2) is 0 Å². The van der Waals surface area contributed by atoms with Crippen LogP contribution < -0.4 is 11.1 Å². The van der Waals surface area contributed by atoms with Crippen LogP contribution >= 0.6 is 44.1 Å². The van der Waals surface area contributed by atoms with Crippen LogP contribution in [0, 0.1) is 5.92 Å². The monoisotopic (exact) mass is 404 g/mol. The summed E-state index contributed by atoms with van der Waals surface area (Å²) in [5.41, 5.74) is 6.34. The number of hydrogen-bond donors (Lipinski definition) is 2. The SMILES string of the molecule is NC(=S)C1CCCC1NC(=O)c1ccc(Br)cc1Br. The number of thiocarbonyl (C=S) groups is 1.